The molecule has 4 nitrogen and oxygen atoms in total. The number of ether oxygens (including phenoxy) is 1. The highest BCUT2D eigenvalue weighted by Crippen LogP contribution is 2.17. The van der Waals surface area contributed by atoms with E-state index in [9.17, 15) is 9.90 Å². The molecule has 2 unspecified atom stereocenters. The molecule has 1 aliphatic rings. The van der Waals surface area contributed by atoms with Gasteiger partial charge >= 0.3 is 5.97 Å². The predicted molar refractivity (Wildman–Crippen MR) is 63.7 cm³/mol. The molecule has 2 atom stereocenters. The van der Waals surface area contributed by atoms with E-state index in [4.69, 9.17) is 4.74 Å². The maximum atomic E-state index is 11.2. The van der Waals surface area contributed by atoms with E-state index in [1.54, 1.807) is 0 Å². The van der Waals surface area contributed by atoms with Gasteiger partial charge in [-0.3, -0.25) is 9.69 Å². The van der Waals surface area contributed by atoms with Gasteiger partial charge in [0.05, 0.1) is 12.7 Å². The third-order valence-electron chi connectivity index (χ3n) is 3.08. The van der Waals surface area contributed by atoms with Crippen LogP contribution in [-0.2, 0) is 16.1 Å². The van der Waals surface area contributed by atoms with E-state index in [1.165, 1.54) is 0 Å². The van der Waals surface area contributed by atoms with Crippen LogP contribution >= 0.6 is 0 Å². The molecule has 17 heavy (non-hydrogen) atoms. The minimum Gasteiger partial charge on any atom is -0.480 e. The quantitative estimate of drug-likeness (QED) is 0.859. The molecule has 1 saturated heterocycles. The van der Waals surface area contributed by atoms with Crippen molar-refractivity contribution in [1.82, 2.24) is 4.90 Å². The van der Waals surface area contributed by atoms with Crippen molar-refractivity contribution >= 4 is 5.97 Å². The molecule has 0 bridgehead atoms. The number of hydrogen-bond donors (Lipinski definition) is 1. The lowest BCUT2D eigenvalue weighted by molar-refractivity contribution is -0.156. The van der Waals surface area contributed by atoms with E-state index >= 15 is 0 Å². The fraction of sp³-hybridized carbons (Fsp3) is 0.462. The average Bonchev–Trinajstić information content (AvgIpc) is 2.30. The number of benzene rings is 1. The smallest absolute Gasteiger partial charge is 0.323 e. The molecule has 1 aromatic carbocycles. The molecule has 0 saturated carbocycles. The SMILES string of the molecule is CC1OCCN(Cc2ccccc2)C1C(=O)O. The van der Waals surface area contributed by atoms with Crippen molar-refractivity contribution in [3.63, 3.8) is 0 Å². The molecular weight excluding hydrogens is 218 g/mol. The van der Waals surface area contributed by atoms with Crippen LogP contribution in [0.15, 0.2) is 30.3 Å². The summed E-state index contributed by atoms with van der Waals surface area (Å²) in [6, 6.07) is 9.37. The monoisotopic (exact) mass is 235 g/mol. The second kappa shape index (κ2) is 5.29. The topological polar surface area (TPSA) is 49.8 Å². The first kappa shape index (κ1) is 12.1. The zero-order valence-electron chi connectivity index (χ0n) is 9.87. The maximum absolute atomic E-state index is 11.2. The first-order valence-electron chi connectivity index (χ1n) is 5.81. The van der Waals surface area contributed by atoms with Gasteiger partial charge in [-0.25, -0.2) is 0 Å². The summed E-state index contributed by atoms with van der Waals surface area (Å²) in [6.07, 6.45) is -0.259. The number of carboxylic acid groups (broad SMARTS) is 1. The number of hydrogen-bond acceptors (Lipinski definition) is 3. The molecule has 0 aliphatic carbocycles. The highest BCUT2D eigenvalue weighted by molar-refractivity contribution is 5.74. The summed E-state index contributed by atoms with van der Waals surface area (Å²) in [5, 5.41) is 9.24. The van der Waals surface area contributed by atoms with Crippen molar-refractivity contribution in [2.24, 2.45) is 0 Å². The molecule has 1 N–H and O–H groups in total. The minimum atomic E-state index is -0.812. The van der Waals surface area contributed by atoms with Crippen molar-refractivity contribution in [2.75, 3.05) is 13.2 Å². The lowest BCUT2D eigenvalue weighted by atomic mass is 10.1. The van der Waals surface area contributed by atoms with Gasteiger partial charge in [-0.2, -0.15) is 0 Å². The van der Waals surface area contributed by atoms with E-state index in [1.807, 2.05) is 42.2 Å². The van der Waals surface area contributed by atoms with Gasteiger partial charge in [-0.15, -0.1) is 0 Å². The van der Waals surface area contributed by atoms with Gasteiger partial charge in [0.1, 0.15) is 6.04 Å². The van der Waals surface area contributed by atoms with Crippen molar-refractivity contribution < 1.29 is 14.6 Å². The van der Waals surface area contributed by atoms with Crippen LogP contribution in [0.1, 0.15) is 12.5 Å². The van der Waals surface area contributed by atoms with Gasteiger partial charge in [0, 0.05) is 13.1 Å². The fourth-order valence-corrected chi connectivity index (χ4v) is 2.24. The zero-order valence-corrected chi connectivity index (χ0v) is 9.87. The third kappa shape index (κ3) is 2.84. The Balaban J connectivity index is 2.10. The van der Waals surface area contributed by atoms with Crippen LogP contribution in [0.4, 0.5) is 0 Å². The van der Waals surface area contributed by atoms with Gasteiger partial charge < -0.3 is 9.84 Å². The molecule has 0 amide bonds. The molecule has 1 heterocycles. The number of rotatable bonds is 3. The fourth-order valence-electron chi connectivity index (χ4n) is 2.24. The van der Waals surface area contributed by atoms with Crippen LogP contribution in [0, 0.1) is 0 Å². The van der Waals surface area contributed by atoms with Crippen molar-refractivity contribution in [2.45, 2.75) is 25.6 Å². The Bertz CT molecular complexity index is 380. The van der Waals surface area contributed by atoms with Crippen LogP contribution in [0.2, 0.25) is 0 Å². The first-order valence-corrected chi connectivity index (χ1v) is 5.81. The van der Waals surface area contributed by atoms with Crippen LogP contribution in [-0.4, -0.2) is 41.3 Å². The molecule has 0 spiro atoms. The summed E-state index contributed by atoms with van der Waals surface area (Å²) < 4.78 is 5.40. The Morgan fingerprint density at radius 3 is 2.82 bits per heavy atom. The van der Waals surface area contributed by atoms with Gasteiger partial charge in [-0.05, 0) is 12.5 Å². The maximum Gasteiger partial charge on any atom is 0.323 e. The standard InChI is InChI=1S/C13H17NO3/c1-10-12(13(15)16)14(7-8-17-10)9-11-5-3-2-4-6-11/h2-6,10,12H,7-9H2,1H3,(H,15,16). The van der Waals surface area contributed by atoms with E-state index in [2.05, 4.69) is 0 Å². The molecule has 0 radical (unpaired) electrons. The van der Waals surface area contributed by atoms with Crippen molar-refractivity contribution in [1.29, 1.82) is 0 Å². The Hall–Kier alpha value is -1.39. The largest absolute Gasteiger partial charge is 0.480 e. The minimum absolute atomic E-state index is 0.259. The molecule has 1 aromatic rings. The van der Waals surface area contributed by atoms with E-state index < -0.39 is 12.0 Å². The lowest BCUT2D eigenvalue weighted by Crippen LogP contribution is -2.53. The van der Waals surface area contributed by atoms with Crippen LogP contribution in [0.5, 0.6) is 0 Å². The van der Waals surface area contributed by atoms with E-state index in [0.29, 0.717) is 19.7 Å². The van der Waals surface area contributed by atoms with Gasteiger partial charge in [0.15, 0.2) is 0 Å². The molecule has 0 aromatic heterocycles. The second-order valence-corrected chi connectivity index (χ2v) is 4.32. The first-order chi connectivity index (χ1) is 8.18. The van der Waals surface area contributed by atoms with Gasteiger partial charge in [0.2, 0.25) is 0 Å². The summed E-state index contributed by atoms with van der Waals surface area (Å²) in [6.45, 7) is 3.73. The average molecular weight is 235 g/mol. The van der Waals surface area contributed by atoms with Gasteiger partial charge in [0.25, 0.3) is 0 Å². The summed E-state index contributed by atoms with van der Waals surface area (Å²) in [4.78, 5) is 13.2. The molecule has 92 valence electrons. The predicted octanol–water partition coefficient (Wildman–Crippen LogP) is 1.36. The van der Waals surface area contributed by atoms with Crippen LogP contribution in [0.3, 0.4) is 0 Å². The molecule has 1 fully saturated rings. The number of nitrogens with zero attached hydrogens (tertiary/aromatic N) is 1. The number of aliphatic carboxylic acids is 1. The zero-order chi connectivity index (χ0) is 12.3. The Morgan fingerprint density at radius 1 is 1.47 bits per heavy atom. The van der Waals surface area contributed by atoms with E-state index in [-0.39, 0.29) is 6.10 Å². The van der Waals surface area contributed by atoms with Gasteiger partial charge in [-0.1, -0.05) is 30.3 Å². The van der Waals surface area contributed by atoms with Crippen LogP contribution < -0.4 is 0 Å². The number of carboxylic acids is 1. The second-order valence-electron chi connectivity index (χ2n) is 4.32. The molecule has 2 rings (SSSR count). The number of morpholine rings is 1. The molecular formula is C13H17NO3. The summed E-state index contributed by atoms with van der Waals surface area (Å²) in [5.74, 6) is -0.812. The Labute approximate surface area is 101 Å². The summed E-state index contributed by atoms with van der Waals surface area (Å²) in [5.41, 5.74) is 1.13. The van der Waals surface area contributed by atoms with Crippen molar-refractivity contribution in [3.8, 4) is 0 Å². The van der Waals surface area contributed by atoms with E-state index in [0.717, 1.165) is 5.56 Å². The summed E-state index contributed by atoms with van der Waals surface area (Å²) in [7, 11) is 0. The third-order valence-corrected chi connectivity index (χ3v) is 3.08. The Morgan fingerprint density at radius 2 is 2.18 bits per heavy atom. The lowest BCUT2D eigenvalue weighted by Gasteiger charge is -2.37. The highest BCUT2D eigenvalue weighted by Gasteiger charge is 2.34. The van der Waals surface area contributed by atoms with Crippen molar-refractivity contribution in [3.05, 3.63) is 35.9 Å². The summed E-state index contributed by atoms with van der Waals surface area (Å²) >= 11 is 0. The normalized spacial score (nSPS) is 25.7. The van der Waals surface area contributed by atoms with Crippen LogP contribution in [0.25, 0.3) is 0 Å². The number of carbonyl (C=O) groups is 1. The molecule has 4 heteroatoms. The highest BCUT2D eigenvalue weighted by atomic mass is 16.5. The molecule has 1 aliphatic heterocycles. The Kier molecular flexibility index (Phi) is 3.76.